The lowest BCUT2D eigenvalue weighted by molar-refractivity contribution is -0.384. The van der Waals surface area contributed by atoms with Crippen molar-refractivity contribution in [2.45, 2.75) is 0 Å². The standard InChI is InChI=1S/C22H12FNO6/c23-15-5-3-14(4-6-15)22(26)29-17-9-10-18-19(12-17)30-20(21(18)25)11-13-1-7-16(8-2-13)24(27)28/h1-12H. The third-order valence-electron chi connectivity index (χ3n) is 4.33. The molecule has 0 saturated carbocycles. The monoisotopic (exact) mass is 405 g/mol. The zero-order chi connectivity index (χ0) is 21.3. The minimum atomic E-state index is -0.680. The van der Waals surface area contributed by atoms with E-state index in [2.05, 4.69) is 0 Å². The molecule has 0 bridgehead atoms. The molecule has 0 spiro atoms. The average Bonchev–Trinajstić information content (AvgIpc) is 3.03. The van der Waals surface area contributed by atoms with Crippen LogP contribution in [0.25, 0.3) is 6.08 Å². The SMILES string of the molecule is O=C(Oc1ccc2c(c1)OC(=Cc1ccc([N+](=O)[O-])cc1)C2=O)c1ccc(F)cc1. The van der Waals surface area contributed by atoms with Gasteiger partial charge in [0.2, 0.25) is 5.78 Å². The molecule has 148 valence electrons. The number of ketones is 1. The first-order valence-electron chi connectivity index (χ1n) is 8.71. The molecule has 0 radical (unpaired) electrons. The Morgan fingerprint density at radius 3 is 2.40 bits per heavy atom. The van der Waals surface area contributed by atoms with Crippen molar-refractivity contribution in [3.05, 3.63) is 105 Å². The molecule has 3 aromatic rings. The number of hydrogen-bond acceptors (Lipinski definition) is 6. The van der Waals surface area contributed by atoms with Gasteiger partial charge in [0.15, 0.2) is 5.76 Å². The van der Waals surface area contributed by atoms with E-state index in [9.17, 15) is 24.1 Å². The molecule has 0 atom stereocenters. The number of Topliss-reactive ketones (excluding diaryl/α,β-unsaturated/α-hetero) is 1. The lowest BCUT2D eigenvalue weighted by atomic mass is 10.1. The highest BCUT2D eigenvalue weighted by Gasteiger charge is 2.28. The molecule has 0 N–H and O–H groups in total. The van der Waals surface area contributed by atoms with Crippen LogP contribution in [0, 0.1) is 15.9 Å². The lowest BCUT2D eigenvalue weighted by Gasteiger charge is -2.05. The number of hydrogen-bond donors (Lipinski definition) is 0. The highest BCUT2D eigenvalue weighted by Crippen LogP contribution is 2.35. The molecular weight excluding hydrogens is 393 g/mol. The van der Waals surface area contributed by atoms with Crippen LogP contribution in [0.15, 0.2) is 72.5 Å². The number of esters is 1. The smallest absolute Gasteiger partial charge is 0.343 e. The van der Waals surface area contributed by atoms with E-state index in [0.29, 0.717) is 11.1 Å². The summed E-state index contributed by atoms with van der Waals surface area (Å²) in [5, 5.41) is 10.7. The van der Waals surface area contributed by atoms with E-state index >= 15 is 0 Å². The van der Waals surface area contributed by atoms with Crippen molar-refractivity contribution in [3.8, 4) is 11.5 Å². The van der Waals surface area contributed by atoms with E-state index in [1.54, 1.807) is 0 Å². The molecule has 0 aliphatic carbocycles. The zero-order valence-corrected chi connectivity index (χ0v) is 15.2. The van der Waals surface area contributed by atoms with E-state index in [1.165, 1.54) is 60.7 Å². The summed E-state index contributed by atoms with van der Waals surface area (Å²) in [7, 11) is 0. The van der Waals surface area contributed by atoms with Gasteiger partial charge in [-0.1, -0.05) is 0 Å². The number of carbonyl (C=O) groups is 2. The van der Waals surface area contributed by atoms with E-state index < -0.39 is 16.7 Å². The van der Waals surface area contributed by atoms with Crippen LogP contribution >= 0.6 is 0 Å². The fraction of sp³-hybridized carbons (Fsp3) is 0. The number of non-ortho nitro benzene ring substituents is 1. The number of benzene rings is 3. The minimum Gasteiger partial charge on any atom is -0.452 e. The molecule has 1 aliphatic rings. The van der Waals surface area contributed by atoms with Gasteiger partial charge in [0, 0.05) is 18.2 Å². The van der Waals surface area contributed by atoms with Crippen LogP contribution in [0.4, 0.5) is 10.1 Å². The summed E-state index contributed by atoms with van der Waals surface area (Å²) in [6.07, 6.45) is 1.47. The normalized spacial score (nSPS) is 13.6. The molecule has 0 fully saturated rings. The van der Waals surface area contributed by atoms with Gasteiger partial charge in [-0.05, 0) is 60.2 Å². The van der Waals surface area contributed by atoms with E-state index in [4.69, 9.17) is 9.47 Å². The third kappa shape index (κ3) is 3.79. The number of halogens is 1. The molecule has 30 heavy (non-hydrogen) atoms. The predicted octanol–water partition coefficient (Wildman–Crippen LogP) is 4.57. The maximum atomic E-state index is 13.0. The molecular formula is C22H12FNO6. The van der Waals surface area contributed by atoms with Crippen LogP contribution in [0.5, 0.6) is 11.5 Å². The zero-order valence-electron chi connectivity index (χ0n) is 15.2. The highest BCUT2D eigenvalue weighted by atomic mass is 19.1. The first kappa shape index (κ1) is 19.0. The molecule has 7 nitrogen and oxygen atoms in total. The van der Waals surface area contributed by atoms with Crippen molar-refractivity contribution in [2.75, 3.05) is 0 Å². The topological polar surface area (TPSA) is 95.7 Å². The van der Waals surface area contributed by atoms with Crippen LogP contribution in [0.2, 0.25) is 0 Å². The van der Waals surface area contributed by atoms with Crippen molar-refractivity contribution < 1.29 is 28.4 Å². The lowest BCUT2D eigenvalue weighted by Crippen LogP contribution is -2.08. The second-order valence-corrected chi connectivity index (χ2v) is 6.34. The molecule has 1 aliphatic heterocycles. The van der Waals surface area contributed by atoms with Gasteiger partial charge < -0.3 is 9.47 Å². The Morgan fingerprint density at radius 2 is 1.73 bits per heavy atom. The van der Waals surface area contributed by atoms with E-state index in [1.807, 2.05) is 0 Å². The van der Waals surface area contributed by atoms with Crippen LogP contribution in [-0.2, 0) is 0 Å². The van der Waals surface area contributed by atoms with Crippen molar-refractivity contribution in [2.24, 2.45) is 0 Å². The molecule has 0 aromatic heterocycles. The predicted molar refractivity (Wildman–Crippen MR) is 104 cm³/mol. The number of nitrogens with zero attached hydrogens (tertiary/aromatic N) is 1. The van der Waals surface area contributed by atoms with Gasteiger partial charge in [-0.2, -0.15) is 0 Å². The molecule has 0 saturated heterocycles. The molecule has 0 unspecified atom stereocenters. The van der Waals surface area contributed by atoms with Crippen molar-refractivity contribution in [1.82, 2.24) is 0 Å². The van der Waals surface area contributed by atoms with Crippen LogP contribution in [-0.4, -0.2) is 16.7 Å². The molecule has 3 aromatic carbocycles. The number of ether oxygens (including phenoxy) is 2. The van der Waals surface area contributed by atoms with Gasteiger partial charge >= 0.3 is 5.97 Å². The molecule has 1 heterocycles. The molecule has 8 heteroatoms. The van der Waals surface area contributed by atoms with Crippen LogP contribution in [0.1, 0.15) is 26.3 Å². The Balaban J connectivity index is 1.52. The summed E-state index contributed by atoms with van der Waals surface area (Å²) >= 11 is 0. The summed E-state index contributed by atoms with van der Waals surface area (Å²) in [6.45, 7) is 0. The third-order valence-corrected chi connectivity index (χ3v) is 4.33. The van der Waals surface area contributed by atoms with Crippen LogP contribution < -0.4 is 9.47 Å². The van der Waals surface area contributed by atoms with Gasteiger partial charge in [-0.25, -0.2) is 9.18 Å². The Morgan fingerprint density at radius 1 is 1.03 bits per heavy atom. The van der Waals surface area contributed by atoms with Gasteiger partial charge in [0.25, 0.3) is 5.69 Å². The maximum absolute atomic E-state index is 13.0. The number of carbonyl (C=O) groups excluding carboxylic acids is 2. The number of allylic oxidation sites excluding steroid dienone is 1. The Kier molecular flexibility index (Phi) is 4.81. The second kappa shape index (κ2) is 7.59. The summed E-state index contributed by atoms with van der Waals surface area (Å²) in [6, 6.07) is 14.9. The Hall–Kier alpha value is -4.33. The Bertz CT molecular complexity index is 1200. The summed E-state index contributed by atoms with van der Waals surface area (Å²) in [4.78, 5) is 34.9. The van der Waals surface area contributed by atoms with Gasteiger partial charge in [0.05, 0.1) is 16.1 Å². The fourth-order valence-corrected chi connectivity index (χ4v) is 2.83. The number of nitro benzene ring substituents is 1. The van der Waals surface area contributed by atoms with Gasteiger partial charge in [0.1, 0.15) is 17.3 Å². The minimum absolute atomic E-state index is 0.0425. The fourth-order valence-electron chi connectivity index (χ4n) is 2.83. The van der Waals surface area contributed by atoms with Gasteiger partial charge in [-0.15, -0.1) is 0 Å². The van der Waals surface area contributed by atoms with Crippen molar-refractivity contribution in [1.29, 1.82) is 0 Å². The largest absolute Gasteiger partial charge is 0.452 e. The molecule has 0 amide bonds. The first-order valence-corrected chi connectivity index (χ1v) is 8.71. The molecule has 4 rings (SSSR count). The number of nitro groups is 1. The number of fused-ring (bicyclic) bond motifs is 1. The quantitative estimate of drug-likeness (QED) is 0.207. The van der Waals surface area contributed by atoms with Gasteiger partial charge in [-0.3, -0.25) is 14.9 Å². The second-order valence-electron chi connectivity index (χ2n) is 6.34. The van der Waals surface area contributed by atoms with E-state index in [0.717, 1.165) is 12.1 Å². The average molecular weight is 405 g/mol. The van der Waals surface area contributed by atoms with Crippen molar-refractivity contribution in [3.63, 3.8) is 0 Å². The highest BCUT2D eigenvalue weighted by molar-refractivity contribution is 6.14. The Labute approximate surface area is 169 Å². The first-order chi connectivity index (χ1) is 14.4. The number of rotatable bonds is 4. The van der Waals surface area contributed by atoms with Crippen molar-refractivity contribution >= 4 is 23.5 Å². The maximum Gasteiger partial charge on any atom is 0.343 e. The summed E-state index contributed by atoms with van der Waals surface area (Å²) < 4.78 is 23.8. The van der Waals surface area contributed by atoms with Crippen LogP contribution in [0.3, 0.4) is 0 Å². The summed E-state index contributed by atoms with van der Waals surface area (Å²) in [5.74, 6) is -1.09. The summed E-state index contributed by atoms with van der Waals surface area (Å²) in [5.41, 5.74) is 0.962. The van der Waals surface area contributed by atoms with E-state index in [-0.39, 0.29) is 34.3 Å².